The van der Waals surface area contributed by atoms with Crippen LogP contribution in [0.4, 0.5) is 5.69 Å². The van der Waals surface area contributed by atoms with Crippen LogP contribution in [0.3, 0.4) is 0 Å². The Kier molecular flexibility index (Phi) is 5.45. The van der Waals surface area contributed by atoms with E-state index in [0.29, 0.717) is 10.8 Å². The van der Waals surface area contributed by atoms with E-state index in [-0.39, 0.29) is 5.91 Å². The highest BCUT2D eigenvalue weighted by atomic mass is 35.5. The lowest BCUT2D eigenvalue weighted by molar-refractivity contribution is -0.122. The van der Waals surface area contributed by atoms with Gasteiger partial charge in [-0.2, -0.15) is 0 Å². The largest absolute Gasteiger partial charge is 0.479 e. The van der Waals surface area contributed by atoms with Crippen LogP contribution in [0.2, 0.25) is 5.02 Å². The molecule has 3 nitrogen and oxygen atoms in total. The van der Waals surface area contributed by atoms with E-state index >= 15 is 0 Å². The molecule has 4 heteroatoms. The quantitative estimate of drug-likeness (QED) is 0.874. The summed E-state index contributed by atoms with van der Waals surface area (Å²) in [5.74, 6) is 0.316. The van der Waals surface area contributed by atoms with Crippen LogP contribution in [-0.4, -0.2) is 12.0 Å². The molecule has 0 aromatic heterocycles. The van der Waals surface area contributed by atoms with Crippen LogP contribution >= 0.6 is 11.6 Å². The normalized spacial score (nSPS) is 11.8. The van der Waals surface area contributed by atoms with E-state index in [2.05, 4.69) is 12.2 Å². The number of rotatable bonds is 5. The Hall–Kier alpha value is -2.00. The lowest BCUT2D eigenvalue weighted by Crippen LogP contribution is -2.30. The molecule has 0 aliphatic carbocycles. The first-order valence-electron chi connectivity index (χ1n) is 7.33. The summed E-state index contributed by atoms with van der Waals surface area (Å²) in [6.07, 6.45) is 0.223. The summed E-state index contributed by atoms with van der Waals surface area (Å²) in [5.41, 5.74) is 3.01. The topological polar surface area (TPSA) is 38.3 Å². The molecule has 0 spiro atoms. The van der Waals surface area contributed by atoms with Crippen molar-refractivity contribution in [2.45, 2.75) is 33.3 Å². The molecule has 22 heavy (non-hydrogen) atoms. The standard InChI is InChI=1S/C18H20ClNO2/c1-4-14-9-7-8-12(2)17(14)20-18(21)13(3)22-16-11-6-5-10-15(16)19/h5-11,13H,4H2,1-3H3,(H,20,21). The number of para-hydroxylation sites is 2. The second-order valence-electron chi connectivity index (χ2n) is 5.14. The number of nitrogens with one attached hydrogen (secondary N) is 1. The summed E-state index contributed by atoms with van der Waals surface area (Å²) in [5, 5.41) is 3.46. The van der Waals surface area contributed by atoms with Gasteiger partial charge in [-0.1, -0.05) is 48.9 Å². The van der Waals surface area contributed by atoms with Crippen LogP contribution < -0.4 is 10.1 Å². The van der Waals surface area contributed by atoms with E-state index in [9.17, 15) is 4.79 Å². The van der Waals surface area contributed by atoms with Crippen molar-refractivity contribution in [2.24, 2.45) is 0 Å². The van der Waals surface area contributed by atoms with Crippen LogP contribution in [-0.2, 0) is 11.2 Å². The molecular weight excluding hydrogens is 298 g/mol. The van der Waals surface area contributed by atoms with Crippen LogP contribution in [0, 0.1) is 6.92 Å². The summed E-state index contributed by atoms with van der Waals surface area (Å²) in [6.45, 7) is 5.75. The van der Waals surface area contributed by atoms with E-state index in [4.69, 9.17) is 16.3 Å². The lowest BCUT2D eigenvalue weighted by atomic mass is 10.1. The van der Waals surface area contributed by atoms with Gasteiger partial charge in [0.15, 0.2) is 6.10 Å². The fraction of sp³-hybridized carbons (Fsp3) is 0.278. The Morgan fingerprint density at radius 3 is 2.64 bits per heavy atom. The third-order valence-electron chi connectivity index (χ3n) is 3.50. The third kappa shape index (κ3) is 3.80. The van der Waals surface area contributed by atoms with Crippen molar-refractivity contribution in [1.29, 1.82) is 0 Å². The Balaban J connectivity index is 2.11. The van der Waals surface area contributed by atoms with Gasteiger partial charge in [-0.3, -0.25) is 4.79 Å². The molecule has 0 heterocycles. The molecule has 2 aromatic rings. The number of benzene rings is 2. The molecular formula is C18H20ClNO2. The van der Waals surface area contributed by atoms with Gasteiger partial charge in [-0.05, 0) is 43.5 Å². The van der Waals surface area contributed by atoms with Gasteiger partial charge < -0.3 is 10.1 Å². The number of aryl methyl sites for hydroxylation is 2. The molecule has 116 valence electrons. The van der Waals surface area contributed by atoms with Gasteiger partial charge in [0.05, 0.1) is 5.02 Å². The Morgan fingerprint density at radius 2 is 1.95 bits per heavy atom. The number of carbonyl (C=O) groups excluding carboxylic acids is 1. The van der Waals surface area contributed by atoms with Gasteiger partial charge in [-0.15, -0.1) is 0 Å². The van der Waals surface area contributed by atoms with E-state index in [1.54, 1.807) is 19.1 Å². The number of anilines is 1. The first-order valence-corrected chi connectivity index (χ1v) is 7.71. The van der Waals surface area contributed by atoms with Crippen molar-refractivity contribution in [1.82, 2.24) is 0 Å². The number of hydrogen-bond acceptors (Lipinski definition) is 2. The molecule has 0 aliphatic rings. The average molecular weight is 318 g/mol. The number of halogens is 1. The maximum absolute atomic E-state index is 12.4. The maximum atomic E-state index is 12.4. The van der Waals surface area contributed by atoms with Crippen molar-refractivity contribution in [3.05, 3.63) is 58.6 Å². The fourth-order valence-corrected chi connectivity index (χ4v) is 2.39. The minimum Gasteiger partial charge on any atom is -0.479 e. The van der Waals surface area contributed by atoms with E-state index < -0.39 is 6.10 Å². The van der Waals surface area contributed by atoms with Crippen molar-refractivity contribution in [3.63, 3.8) is 0 Å². The van der Waals surface area contributed by atoms with E-state index in [1.807, 2.05) is 37.3 Å². The average Bonchev–Trinajstić information content (AvgIpc) is 2.51. The lowest BCUT2D eigenvalue weighted by Gasteiger charge is -2.18. The molecule has 0 bridgehead atoms. The molecule has 0 aliphatic heterocycles. The molecule has 2 aromatic carbocycles. The SMILES string of the molecule is CCc1cccc(C)c1NC(=O)C(C)Oc1ccccc1Cl. The second kappa shape index (κ2) is 7.32. The molecule has 0 saturated carbocycles. The van der Waals surface area contributed by atoms with Gasteiger partial charge in [0.25, 0.3) is 5.91 Å². The highest BCUT2D eigenvalue weighted by Gasteiger charge is 2.18. The maximum Gasteiger partial charge on any atom is 0.265 e. The molecule has 1 amide bonds. The Labute approximate surface area is 136 Å². The van der Waals surface area contributed by atoms with Gasteiger partial charge in [0, 0.05) is 5.69 Å². The van der Waals surface area contributed by atoms with Gasteiger partial charge >= 0.3 is 0 Å². The smallest absolute Gasteiger partial charge is 0.265 e. The summed E-state index contributed by atoms with van der Waals surface area (Å²) in [7, 11) is 0. The number of hydrogen-bond donors (Lipinski definition) is 1. The van der Waals surface area contributed by atoms with Crippen molar-refractivity contribution >= 4 is 23.2 Å². The second-order valence-corrected chi connectivity index (χ2v) is 5.55. The molecule has 2 rings (SSSR count). The van der Waals surface area contributed by atoms with Gasteiger partial charge in [0.1, 0.15) is 5.75 Å². The predicted octanol–water partition coefficient (Wildman–Crippen LogP) is 4.62. The fourth-order valence-electron chi connectivity index (χ4n) is 2.21. The van der Waals surface area contributed by atoms with Gasteiger partial charge in [0.2, 0.25) is 0 Å². The van der Waals surface area contributed by atoms with Crippen LogP contribution in [0.15, 0.2) is 42.5 Å². The molecule has 1 N–H and O–H groups in total. The monoisotopic (exact) mass is 317 g/mol. The van der Waals surface area contributed by atoms with E-state index in [1.165, 1.54) is 0 Å². The zero-order valence-corrected chi connectivity index (χ0v) is 13.8. The van der Waals surface area contributed by atoms with Crippen LogP contribution in [0.25, 0.3) is 0 Å². The molecule has 1 unspecified atom stereocenters. The van der Waals surface area contributed by atoms with Crippen LogP contribution in [0.1, 0.15) is 25.0 Å². The van der Waals surface area contributed by atoms with Crippen molar-refractivity contribution in [3.8, 4) is 5.75 Å². The van der Waals surface area contributed by atoms with Crippen LogP contribution in [0.5, 0.6) is 5.75 Å². The van der Waals surface area contributed by atoms with E-state index in [0.717, 1.165) is 23.2 Å². The summed E-state index contributed by atoms with van der Waals surface area (Å²) >= 11 is 6.05. The summed E-state index contributed by atoms with van der Waals surface area (Å²) in [4.78, 5) is 12.4. The summed E-state index contributed by atoms with van der Waals surface area (Å²) < 4.78 is 5.65. The predicted molar refractivity (Wildman–Crippen MR) is 90.7 cm³/mol. The highest BCUT2D eigenvalue weighted by molar-refractivity contribution is 6.32. The van der Waals surface area contributed by atoms with Crippen molar-refractivity contribution < 1.29 is 9.53 Å². The molecule has 0 fully saturated rings. The summed E-state index contributed by atoms with van der Waals surface area (Å²) in [6, 6.07) is 13.1. The number of ether oxygens (including phenoxy) is 1. The first-order chi connectivity index (χ1) is 10.5. The van der Waals surface area contributed by atoms with Gasteiger partial charge in [-0.25, -0.2) is 0 Å². The minimum atomic E-state index is -0.635. The Bertz CT molecular complexity index is 670. The minimum absolute atomic E-state index is 0.191. The zero-order chi connectivity index (χ0) is 16.1. The third-order valence-corrected chi connectivity index (χ3v) is 3.81. The molecule has 1 atom stereocenters. The first kappa shape index (κ1) is 16.4. The number of amides is 1. The Morgan fingerprint density at radius 1 is 1.23 bits per heavy atom. The number of carbonyl (C=O) groups is 1. The van der Waals surface area contributed by atoms with Crippen molar-refractivity contribution in [2.75, 3.05) is 5.32 Å². The highest BCUT2D eigenvalue weighted by Crippen LogP contribution is 2.25. The molecule has 0 saturated heterocycles. The zero-order valence-electron chi connectivity index (χ0n) is 13.0. The molecule has 0 radical (unpaired) electrons.